The average Bonchev–Trinajstić information content (AvgIpc) is 1.81. The maximum absolute atomic E-state index is 12.0. The van der Waals surface area contributed by atoms with E-state index in [0.29, 0.717) is 0 Å². The molecule has 0 amide bonds. The number of halogens is 5. The van der Waals surface area contributed by atoms with Crippen LogP contribution in [-0.4, -0.2) is 22.1 Å². The average molecular weight is 211 g/mol. The van der Waals surface area contributed by atoms with Crippen molar-refractivity contribution in [1.82, 2.24) is 0 Å². The van der Waals surface area contributed by atoms with Gasteiger partial charge < -0.3 is 0 Å². The Morgan fingerprint density at radius 2 is 1.58 bits per heavy atom. The van der Waals surface area contributed by atoms with Crippen LogP contribution in [0.25, 0.3) is 0 Å². The van der Waals surface area contributed by atoms with Crippen molar-refractivity contribution >= 4 is 11.0 Å². The molecule has 12 heavy (non-hydrogen) atoms. The Bertz CT molecular complexity index is 179. The summed E-state index contributed by atoms with van der Waals surface area (Å²) in [6, 6.07) is 0. The molecule has 2 nitrogen and oxygen atoms in total. The van der Waals surface area contributed by atoms with E-state index in [4.69, 9.17) is 0 Å². The van der Waals surface area contributed by atoms with E-state index >= 15 is 0 Å². The van der Waals surface area contributed by atoms with Crippen molar-refractivity contribution in [2.45, 2.75) is 18.5 Å². The normalized spacial score (nSPS) is 16.2. The Kier molecular flexibility index (Phi) is 3.58. The molecule has 74 valence electrons. The first-order valence-electron chi connectivity index (χ1n) is 2.74. The molecule has 0 radical (unpaired) electrons. The second-order valence-electron chi connectivity index (χ2n) is 2.04. The molecule has 0 aliphatic carbocycles. The molecule has 8 heteroatoms. The molecular weight excluding hydrogens is 205 g/mol. The molecule has 2 N–H and O–H groups in total. The summed E-state index contributed by atoms with van der Waals surface area (Å²) < 4.78 is 68.1. The highest BCUT2D eigenvalue weighted by molar-refractivity contribution is 7.82. The smallest absolute Gasteiger partial charge is 0.252 e. The standard InChI is InChI=1S/C4H6F5NOS/c5-3(6,4(7,8)9)1-2-12(10)11/h1-2,10H2. The number of alkyl halides is 5. The van der Waals surface area contributed by atoms with E-state index in [1.807, 2.05) is 0 Å². The Morgan fingerprint density at radius 3 is 1.83 bits per heavy atom. The zero-order valence-electron chi connectivity index (χ0n) is 5.70. The first-order chi connectivity index (χ1) is 5.17. The van der Waals surface area contributed by atoms with Crippen molar-refractivity contribution in [3.8, 4) is 0 Å². The number of hydrogen-bond acceptors (Lipinski definition) is 1. The number of rotatable bonds is 3. The maximum atomic E-state index is 12.0. The van der Waals surface area contributed by atoms with E-state index in [1.165, 1.54) is 0 Å². The van der Waals surface area contributed by atoms with Crippen LogP contribution in [0.5, 0.6) is 0 Å². The minimum Gasteiger partial charge on any atom is -0.252 e. The van der Waals surface area contributed by atoms with Crippen molar-refractivity contribution in [2.24, 2.45) is 5.14 Å². The van der Waals surface area contributed by atoms with Gasteiger partial charge >= 0.3 is 12.1 Å². The van der Waals surface area contributed by atoms with Crippen LogP contribution >= 0.6 is 0 Å². The van der Waals surface area contributed by atoms with Crippen LogP contribution in [0.1, 0.15) is 6.42 Å². The first-order valence-corrected chi connectivity index (χ1v) is 4.12. The van der Waals surface area contributed by atoms with Gasteiger partial charge in [0.1, 0.15) is 0 Å². The van der Waals surface area contributed by atoms with Crippen molar-refractivity contribution in [3.63, 3.8) is 0 Å². The van der Waals surface area contributed by atoms with Gasteiger partial charge in [0.25, 0.3) is 0 Å². The van der Waals surface area contributed by atoms with Crippen LogP contribution in [0.2, 0.25) is 0 Å². The van der Waals surface area contributed by atoms with E-state index in [2.05, 4.69) is 5.14 Å². The highest BCUT2D eigenvalue weighted by Gasteiger charge is 2.56. The summed E-state index contributed by atoms with van der Waals surface area (Å²) in [6.07, 6.45) is -7.13. The third-order valence-corrected chi connectivity index (χ3v) is 1.64. The predicted octanol–water partition coefficient (Wildman–Crippen LogP) is 1.20. The molecule has 0 aromatic rings. The zero-order valence-corrected chi connectivity index (χ0v) is 6.51. The SMILES string of the molecule is NS(=O)CCC(F)(F)C(F)(F)F. The van der Waals surface area contributed by atoms with Crippen molar-refractivity contribution in [2.75, 3.05) is 5.75 Å². The molecule has 0 bridgehead atoms. The molecule has 0 fully saturated rings. The molecule has 0 heterocycles. The van der Waals surface area contributed by atoms with Gasteiger partial charge in [-0.1, -0.05) is 0 Å². The van der Waals surface area contributed by atoms with E-state index in [-0.39, 0.29) is 0 Å². The van der Waals surface area contributed by atoms with Crippen LogP contribution in [0.4, 0.5) is 22.0 Å². The van der Waals surface area contributed by atoms with Gasteiger partial charge in [-0.3, -0.25) is 5.14 Å². The largest absolute Gasteiger partial charge is 0.453 e. The summed E-state index contributed by atoms with van der Waals surface area (Å²) in [5.74, 6) is -5.67. The Labute approximate surface area is 67.5 Å². The highest BCUT2D eigenvalue weighted by Crippen LogP contribution is 2.37. The van der Waals surface area contributed by atoms with Gasteiger partial charge in [0.15, 0.2) is 0 Å². The lowest BCUT2D eigenvalue weighted by Gasteiger charge is -2.18. The Morgan fingerprint density at radius 1 is 1.17 bits per heavy atom. The van der Waals surface area contributed by atoms with Crippen LogP contribution in [0.15, 0.2) is 0 Å². The summed E-state index contributed by atoms with van der Waals surface area (Å²) in [4.78, 5) is 0. The Hall–Kier alpha value is -0.240. The Balaban J connectivity index is 4.14. The van der Waals surface area contributed by atoms with Gasteiger partial charge in [-0.15, -0.1) is 0 Å². The lowest BCUT2D eigenvalue weighted by Crippen LogP contribution is -2.37. The second kappa shape index (κ2) is 3.65. The van der Waals surface area contributed by atoms with Gasteiger partial charge in [-0.05, 0) is 0 Å². The van der Waals surface area contributed by atoms with Gasteiger partial charge in [-0.25, -0.2) is 4.21 Å². The fourth-order valence-corrected chi connectivity index (χ4v) is 0.828. The topological polar surface area (TPSA) is 43.1 Å². The molecule has 0 spiro atoms. The molecule has 1 unspecified atom stereocenters. The molecular formula is C4H6F5NOS. The molecule has 0 aliphatic rings. The fraction of sp³-hybridized carbons (Fsp3) is 1.00. The van der Waals surface area contributed by atoms with Crippen LogP contribution < -0.4 is 5.14 Å². The summed E-state index contributed by atoms with van der Waals surface area (Å²) in [5, 5.41) is 4.51. The third-order valence-electron chi connectivity index (χ3n) is 1.03. The summed E-state index contributed by atoms with van der Waals surface area (Å²) in [7, 11) is -2.13. The quantitative estimate of drug-likeness (QED) is 0.700. The van der Waals surface area contributed by atoms with E-state index in [0.717, 1.165) is 0 Å². The van der Waals surface area contributed by atoms with Gasteiger partial charge in [-0.2, -0.15) is 22.0 Å². The van der Waals surface area contributed by atoms with Crippen molar-refractivity contribution in [1.29, 1.82) is 0 Å². The number of nitrogens with two attached hydrogens (primary N) is 1. The van der Waals surface area contributed by atoms with Crippen LogP contribution in [0, 0.1) is 0 Å². The van der Waals surface area contributed by atoms with Gasteiger partial charge in [0.05, 0.1) is 11.0 Å². The van der Waals surface area contributed by atoms with Crippen LogP contribution in [-0.2, 0) is 11.0 Å². The molecule has 0 aromatic carbocycles. The molecule has 0 rings (SSSR count). The molecule has 0 saturated heterocycles. The van der Waals surface area contributed by atoms with Crippen molar-refractivity contribution in [3.05, 3.63) is 0 Å². The molecule has 1 atom stereocenters. The lowest BCUT2D eigenvalue weighted by molar-refractivity contribution is -0.282. The predicted molar refractivity (Wildman–Crippen MR) is 32.8 cm³/mol. The minimum absolute atomic E-state index is 0.869. The monoisotopic (exact) mass is 211 g/mol. The summed E-state index contributed by atoms with van der Waals surface area (Å²) in [5.41, 5.74) is 0. The summed E-state index contributed by atoms with van der Waals surface area (Å²) >= 11 is 0. The molecule has 0 aromatic heterocycles. The summed E-state index contributed by atoms with van der Waals surface area (Å²) in [6.45, 7) is 0. The maximum Gasteiger partial charge on any atom is 0.453 e. The molecule has 0 aliphatic heterocycles. The minimum atomic E-state index is -5.59. The second-order valence-corrected chi connectivity index (χ2v) is 3.21. The number of hydrogen-bond donors (Lipinski definition) is 1. The molecule has 0 saturated carbocycles. The zero-order chi connectivity index (χ0) is 9.99. The van der Waals surface area contributed by atoms with E-state index in [9.17, 15) is 26.2 Å². The lowest BCUT2D eigenvalue weighted by atomic mass is 10.2. The van der Waals surface area contributed by atoms with Crippen molar-refractivity contribution < 1.29 is 26.2 Å². The van der Waals surface area contributed by atoms with Gasteiger partial charge in [0.2, 0.25) is 0 Å². The van der Waals surface area contributed by atoms with E-state index < -0.39 is 35.3 Å². The highest BCUT2D eigenvalue weighted by atomic mass is 32.2. The van der Waals surface area contributed by atoms with Crippen LogP contribution in [0.3, 0.4) is 0 Å². The third kappa shape index (κ3) is 3.44. The first kappa shape index (κ1) is 11.8. The fourth-order valence-electron chi connectivity index (χ4n) is 0.371. The van der Waals surface area contributed by atoms with E-state index in [1.54, 1.807) is 0 Å². The van der Waals surface area contributed by atoms with Gasteiger partial charge in [0, 0.05) is 12.2 Å².